The molecule has 3 N–H and O–H groups in total. The van der Waals surface area contributed by atoms with E-state index in [9.17, 15) is 4.79 Å². The molecule has 1 aromatic rings. The van der Waals surface area contributed by atoms with Gasteiger partial charge in [0, 0.05) is 6.20 Å². The van der Waals surface area contributed by atoms with Gasteiger partial charge in [0.1, 0.15) is 5.82 Å². The van der Waals surface area contributed by atoms with Gasteiger partial charge in [-0.25, -0.2) is 4.98 Å². The number of nitrogens with zero attached hydrogens (tertiary/aromatic N) is 1. The SMILES string of the molecule is CC1CC(C(=O)Nc2ccc(Cl)cn2)(C(N)=S)C1. The largest absolute Gasteiger partial charge is 0.392 e. The highest BCUT2D eigenvalue weighted by molar-refractivity contribution is 7.80. The van der Waals surface area contributed by atoms with E-state index in [1.54, 1.807) is 12.1 Å². The molecule has 0 radical (unpaired) electrons. The zero-order valence-electron chi connectivity index (χ0n) is 9.94. The molecule has 1 amide bonds. The molecule has 0 unspecified atom stereocenters. The van der Waals surface area contributed by atoms with Crippen molar-refractivity contribution in [3.8, 4) is 0 Å². The van der Waals surface area contributed by atoms with Crippen molar-refractivity contribution in [2.75, 3.05) is 5.32 Å². The second kappa shape index (κ2) is 4.82. The van der Waals surface area contributed by atoms with Crippen LogP contribution in [-0.2, 0) is 4.79 Å². The summed E-state index contributed by atoms with van der Waals surface area (Å²) in [6.45, 7) is 2.07. The molecule has 1 aliphatic rings. The molecule has 1 heterocycles. The van der Waals surface area contributed by atoms with Crippen LogP contribution in [0.1, 0.15) is 19.8 Å². The first-order chi connectivity index (χ1) is 8.44. The van der Waals surface area contributed by atoms with Crippen molar-refractivity contribution in [1.82, 2.24) is 4.98 Å². The normalized spacial score (nSPS) is 26.2. The lowest BCUT2D eigenvalue weighted by molar-refractivity contribution is -0.127. The van der Waals surface area contributed by atoms with Crippen LogP contribution in [0.15, 0.2) is 18.3 Å². The number of halogens is 1. The first-order valence-corrected chi connectivity index (χ1v) is 6.45. The number of anilines is 1. The monoisotopic (exact) mass is 283 g/mol. The Hall–Kier alpha value is -1.20. The molecule has 96 valence electrons. The first-order valence-electron chi connectivity index (χ1n) is 5.67. The van der Waals surface area contributed by atoms with E-state index in [2.05, 4.69) is 17.2 Å². The third kappa shape index (κ3) is 2.33. The van der Waals surface area contributed by atoms with Crippen LogP contribution < -0.4 is 11.1 Å². The van der Waals surface area contributed by atoms with Crippen LogP contribution in [0.4, 0.5) is 5.82 Å². The maximum absolute atomic E-state index is 12.2. The molecule has 1 aliphatic carbocycles. The molecule has 6 heteroatoms. The molecule has 2 rings (SSSR count). The zero-order chi connectivity index (χ0) is 13.3. The molecule has 18 heavy (non-hydrogen) atoms. The van der Waals surface area contributed by atoms with E-state index in [0.29, 0.717) is 29.6 Å². The van der Waals surface area contributed by atoms with Crippen molar-refractivity contribution in [3.63, 3.8) is 0 Å². The topological polar surface area (TPSA) is 68.0 Å². The lowest BCUT2D eigenvalue weighted by Gasteiger charge is -2.43. The molecule has 0 atom stereocenters. The van der Waals surface area contributed by atoms with Gasteiger partial charge < -0.3 is 11.1 Å². The Morgan fingerprint density at radius 2 is 2.28 bits per heavy atom. The fraction of sp³-hybridized carbons (Fsp3) is 0.417. The van der Waals surface area contributed by atoms with Crippen LogP contribution in [0.5, 0.6) is 0 Å². The predicted molar refractivity (Wildman–Crippen MR) is 75.5 cm³/mol. The second-order valence-electron chi connectivity index (χ2n) is 4.78. The smallest absolute Gasteiger partial charge is 0.238 e. The summed E-state index contributed by atoms with van der Waals surface area (Å²) in [6.07, 6.45) is 2.87. The number of pyridine rings is 1. The van der Waals surface area contributed by atoms with Gasteiger partial charge in [-0.05, 0) is 30.9 Å². The molecule has 0 spiro atoms. The average molecular weight is 284 g/mol. The molecule has 1 saturated carbocycles. The van der Waals surface area contributed by atoms with Crippen LogP contribution >= 0.6 is 23.8 Å². The minimum absolute atomic E-state index is 0.178. The third-order valence-corrected chi connectivity index (χ3v) is 3.88. The highest BCUT2D eigenvalue weighted by atomic mass is 35.5. The third-order valence-electron chi connectivity index (χ3n) is 3.27. The molecular weight excluding hydrogens is 270 g/mol. The minimum Gasteiger partial charge on any atom is -0.392 e. The highest BCUT2D eigenvalue weighted by Gasteiger charge is 2.50. The number of nitrogens with one attached hydrogen (secondary N) is 1. The number of hydrogen-bond donors (Lipinski definition) is 2. The molecule has 0 aromatic carbocycles. The fourth-order valence-corrected chi connectivity index (χ4v) is 2.69. The number of thiocarbonyl (C=S) groups is 1. The van der Waals surface area contributed by atoms with Crippen molar-refractivity contribution < 1.29 is 4.79 Å². The van der Waals surface area contributed by atoms with Gasteiger partial charge in [-0.15, -0.1) is 0 Å². The summed E-state index contributed by atoms with van der Waals surface area (Å²) in [4.78, 5) is 16.5. The van der Waals surface area contributed by atoms with E-state index in [-0.39, 0.29) is 10.9 Å². The van der Waals surface area contributed by atoms with Crippen LogP contribution in [0.2, 0.25) is 5.02 Å². The van der Waals surface area contributed by atoms with Crippen molar-refractivity contribution in [2.24, 2.45) is 17.1 Å². The molecule has 0 saturated heterocycles. The Labute approximate surface area is 116 Å². The summed E-state index contributed by atoms with van der Waals surface area (Å²) in [6, 6.07) is 3.32. The second-order valence-corrected chi connectivity index (χ2v) is 5.65. The van der Waals surface area contributed by atoms with E-state index >= 15 is 0 Å². The summed E-state index contributed by atoms with van der Waals surface area (Å²) in [5.74, 6) is 0.748. The molecule has 1 aromatic heterocycles. The van der Waals surface area contributed by atoms with Gasteiger partial charge in [-0.3, -0.25) is 4.79 Å². The van der Waals surface area contributed by atoms with Gasteiger partial charge in [0.15, 0.2) is 0 Å². The summed E-state index contributed by atoms with van der Waals surface area (Å²) in [5, 5.41) is 3.26. The van der Waals surface area contributed by atoms with Crippen molar-refractivity contribution in [2.45, 2.75) is 19.8 Å². The van der Waals surface area contributed by atoms with Gasteiger partial charge in [-0.1, -0.05) is 30.7 Å². The Bertz CT molecular complexity index is 483. The van der Waals surface area contributed by atoms with Gasteiger partial charge in [0.25, 0.3) is 0 Å². The number of carbonyl (C=O) groups is 1. The standard InChI is InChI=1S/C12H14ClN3OS/c1-7-4-12(5-7,10(14)18)11(17)16-9-3-2-8(13)6-15-9/h2-3,6-7H,4-5H2,1H3,(H2,14,18)(H,15,16,17). The Balaban J connectivity index is 2.11. The molecule has 4 nitrogen and oxygen atoms in total. The van der Waals surface area contributed by atoms with E-state index in [4.69, 9.17) is 29.6 Å². The predicted octanol–water partition coefficient (Wildman–Crippen LogP) is 2.38. The number of carbonyl (C=O) groups excluding carboxylic acids is 1. The Kier molecular flexibility index (Phi) is 3.54. The Morgan fingerprint density at radius 3 is 2.72 bits per heavy atom. The van der Waals surface area contributed by atoms with Crippen molar-refractivity contribution in [1.29, 1.82) is 0 Å². The summed E-state index contributed by atoms with van der Waals surface area (Å²) < 4.78 is 0. The number of aromatic nitrogens is 1. The average Bonchev–Trinajstić information content (AvgIpc) is 2.27. The first kappa shape index (κ1) is 13.2. The number of rotatable bonds is 3. The minimum atomic E-state index is -0.712. The molecular formula is C12H14ClN3OS. The van der Waals surface area contributed by atoms with Gasteiger partial charge in [0.2, 0.25) is 5.91 Å². The summed E-state index contributed by atoms with van der Waals surface area (Å²) in [5.41, 5.74) is 4.99. The van der Waals surface area contributed by atoms with Gasteiger partial charge in [-0.2, -0.15) is 0 Å². The van der Waals surface area contributed by atoms with Crippen LogP contribution in [0.3, 0.4) is 0 Å². The summed E-state index contributed by atoms with van der Waals surface area (Å²) in [7, 11) is 0. The highest BCUT2D eigenvalue weighted by Crippen LogP contribution is 2.46. The van der Waals surface area contributed by atoms with E-state index in [1.165, 1.54) is 6.20 Å². The zero-order valence-corrected chi connectivity index (χ0v) is 11.5. The van der Waals surface area contributed by atoms with Gasteiger partial charge in [0.05, 0.1) is 15.4 Å². The maximum Gasteiger partial charge on any atom is 0.238 e. The summed E-state index contributed by atoms with van der Waals surface area (Å²) >= 11 is 10.8. The fourth-order valence-electron chi connectivity index (χ4n) is 2.31. The van der Waals surface area contributed by atoms with E-state index in [1.807, 2.05) is 0 Å². The number of nitrogens with two attached hydrogens (primary N) is 1. The quantitative estimate of drug-likeness (QED) is 0.836. The number of amides is 1. The van der Waals surface area contributed by atoms with Crippen molar-refractivity contribution >= 4 is 40.5 Å². The lowest BCUT2D eigenvalue weighted by Crippen LogP contribution is -2.53. The maximum atomic E-state index is 12.2. The van der Waals surface area contributed by atoms with Crippen molar-refractivity contribution in [3.05, 3.63) is 23.4 Å². The molecule has 0 aliphatic heterocycles. The lowest BCUT2D eigenvalue weighted by atomic mass is 9.62. The Morgan fingerprint density at radius 1 is 1.61 bits per heavy atom. The van der Waals surface area contributed by atoms with E-state index < -0.39 is 5.41 Å². The van der Waals surface area contributed by atoms with E-state index in [0.717, 1.165) is 0 Å². The molecule has 0 bridgehead atoms. The van der Waals surface area contributed by atoms with Crippen LogP contribution in [0, 0.1) is 11.3 Å². The number of hydrogen-bond acceptors (Lipinski definition) is 3. The van der Waals surface area contributed by atoms with Crippen LogP contribution in [0.25, 0.3) is 0 Å². The van der Waals surface area contributed by atoms with Gasteiger partial charge >= 0.3 is 0 Å². The van der Waals surface area contributed by atoms with Crippen LogP contribution in [-0.4, -0.2) is 15.9 Å². The molecule has 1 fully saturated rings.